The zero-order valence-electron chi connectivity index (χ0n) is 10.7. The van der Waals surface area contributed by atoms with Crippen LogP contribution in [-0.2, 0) is 5.41 Å². The molecule has 0 aromatic heterocycles. The van der Waals surface area contributed by atoms with Crippen molar-refractivity contribution in [2.24, 2.45) is 4.99 Å². The Kier molecular flexibility index (Phi) is 1.97. The summed E-state index contributed by atoms with van der Waals surface area (Å²) in [4.78, 5) is 4.61. The van der Waals surface area contributed by atoms with Gasteiger partial charge in [-0.3, -0.25) is 4.99 Å². The Balaban J connectivity index is 1.97. The average molecular weight is 241 g/mol. The Morgan fingerprint density at radius 1 is 1.44 bits per heavy atom. The molecule has 1 aromatic rings. The van der Waals surface area contributed by atoms with Gasteiger partial charge in [-0.1, -0.05) is 6.92 Å². The van der Waals surface area contributed by atoms with E-state index in [1.807, 2.05) is 6.07 Å². The lowest BCUT2D eigenvalue weighted by atomic mass is 9.64. The third-order valence-corrected chi connectivity index (χ3v) is 4.92. The Bertz CT molecular complexity index is 549. The second-order valence-electron chi connectivity index (χ2n) is 6.15. The number of nitrogens with two attached hydrogens (primary N) is 1. The average Bonchev–Trinajstić information content (AvgIpc) is 2.70. The summed E-state index contributed by atoms with van der Waals surface area (Å²) in [5.41, 5.74) is 11.3. The minimum Gasteiger partial charge on any atom is -0.398 e. The van der Waals surface area contributed by atoms with Crippen LogP contribution in [0.5, 0.6) is 0 Å². The number of nitrogen functional groups attached to an aromatic ring is 1. The number of aliphatic imine (C=N–C) groups is 1. The number of hydrogen-bond acceptors (Lipinski definition) is 3. The van der Waals surface area contributed by atoms with Gasteiger partial charge in [0, 0.05) is 29.3 Å². The number of piperidine rings is 1. The molecule has 1 aromatic carbocycles. The van der Waals surface area contributed by atoms with Gasteiger partial charge in [0.15, 0.2) is 0 Å². The first-order valence-electron chi connectivity index (χ1n) is 6.90. The van der Waals surface area contributed by atoms with Crippen LogP contribution in [0.2, 0.25) is 0 Å². The topological polar surface area (TPSA) is 50.4 Å². The fourth-order valence-electron chi connectivity index (χ4n) is 4.13. The van der Waals surface area contributed by atoms with Crippen molar-refractivity contribution in [2.75, 3.05) is 12.3 Å². The molecule has 4 rings (SSSR count). The normalized spacial score (nSPS) is 36.3. The van der Waals surface area contributed by atoms with Crippen molar-refractivity contribution in [3.05, 3.63) is 23.3 Å². The molecule has 0 amide bonds. The maximum Gasteiger partial charge on any atom is 0.0671 e. The van der Waals surface area contributed by atoms with Gasteiger partial charge in [0.1, 0.15) is 0 Å². The zero-order valence-corrected chi connectivity index (χ0v) is 10.7. The third kappa shape index (κ3) is 1.20. The van der Waals surface area contributed by atoms with Gasteiger partial charge in [-0.05, 0) is 49.1 Å². The van der Waals surface area contributed by atoms with Gasteiger partial charge in [-0.2, -0.15) is 0 Å². The van der Waals surface area contributed by atoms with E-state index >= 15 is 0 Å². The standard InChI is InChI=1S/C15H19N3/c1-15-7-12-9(3-2-6-17-12)13-10(16)4-5-11(14(13)15)18-8-15/h4-5,8-9,12,17H,2-3,6-7,16H2,1H3/t9-,12+,15?/m0/s1. The maximum atomic E-state index is 6.28. The number of nitrogens with one attached hydrogen (secondary N) is 1. The van der Waals surface area contributed by atoms with Crippen molar-refractivity contribution in [1.29, 1.82) is 0 Å². The van der Waals surface area contributed by atoms with Gasteiger partial charge in [0.25, 0.3) is 0 Å². The highest BCUT2D eigenvalue weighted by Gasteiger charge is 2.46. The van der Waals surface area contributed by atoms with Crippen LogP contribution in [0.25, 0.3) is 0 Å². The Morgan fingerprint density at radius 3 is 3.22 bits per heavy atom. The molecule has 3 N–H and O–H groups in total. The summed E-state index contributed by atoms with van der Waals surface area (Å²) in [6.45, 7) is 3.45. The molecule has 94 valence electrons. The number of benzene rings is 1. The van der Waals surface area contributed by atoms with Gasteiger partial charge in [0.05, 0.1) is 5.69 Å². The Morgan fingerprint density at radius 2 is 2.33 bits per heavy atom. The molecule has 0 saturated carbocycles. The molecule has 18 heavy (non-hydrogen) atoms. The fourth-order valence-corrected chi connectivity index (χ4v) is 4.13. The van der Waals surface area contributed by atoms with E-state index in [1.165, 1.54) is 24.0 Å². The number of fused-ring (bicyclic) bond motifs is 2. The van der Waals surface area contributed by atoms with Crippen LogP contribution >= 0.6 is 0 Å². The van der Waals surface area contributed by atoms with Gasteiger partial charge in [-0.15, -0.1) is 0 Å². The van der Waals surface area contributed by atoms with Crippen LogP contribution in [0.15, 0.2) is 17.1 Å². The summed E-state index contributed by atoms with van der Waals surface area (Å²) in [7, 11) is 0. The lowest BCUT2D eigenvalue weighted by Gasteiger charge is -2.44. The lowest BCUT2D eigenvalue weighted by Crippen LogP contribution is -2.48. The van der Waals surface area contributed by atoms with Crippen LogP contribution in [0.3, 0.4) is 0 Å². The highest BCUT2D eigenvalue weighted by Crippen LogP contribution is 2.53. The molecule has 0 spiro atoms. The SMILES string of the molecule is CC12C=Nc3ccc(N)c(c31)[C@H]1CCCN[C@@H]1C2. The Labute approximate surface area is 107 Å². The molecular weight excluding hydrogens is 222 g/mol. The molecule has 0 radical (unpaired) electrons. The molecule has 3 heteroatoms. The number of hydrogen-bond donors (Lipinski definition) is 2. The molecule has 0 bridgehead atoms. The van der Waals surface area contributed by atoms with E-state index < -0.39 is 0 Å². The predicted molar refractivity (Wildman–Crippen MR) is 74.7 cm³/mol. The predicted octanol–water partition coefficient (Wildman–Crippen LogP) is 2.48. The van der Waals surface area contributed by atoms with E-state index in [-0.39, 0.29) is 5.41 Å². The summed E-state index contributed by atoms with van der Waals surface area (Å²) in [5.74, 6) is 0.587. The van der Waals surface area contributed by atoms with Gasteiger partial charge in [-0.25, -0.2) is 0 Å². The molecule has 3 aliphatic rings. The second-order valence-corrected chi connectivity index (χ2v) is 6.15. The first-order valence-corrected chi connectivity index (χ1v) is 6.90. The highest BCUT2D eigenvalue weighted by atomic mass is 15.0. The summed E-state index contributed by atoms with van der Waals surface area (Å²) in [6.07, 6.45) is 5.80. The zero-order chi connectivity index (χ0) is 12.3. The van der Waals surface area contributed by atoms with Crippen LogP contribution in [0, 0.1) is 0 Å². The minimum atomic E-state index is 0.0888. The molecular formula is C15H19N3. The molecule has 3 nitrogen and oxygen atoms in total. The van der Waals surface area contributed by atoms with Crippen molar-refractivity contribution in [3.8, 4) is 0 Å². The van der Waals surface area contributed by atoms with Gasteiger partial charge in [0.2, 0.25) is 0 Å². The lowest BCUT2D eigenvalue weighted by molar-refractivity contribution is 0.287. The number of anilines is 1. The number of nitrogens with zero attached hydrogens (tertiary/aromatic N) is 1. The van der Waals surface area contributed by atoms with Crippen molar-refractivity contribution >= 4 is 17.6 Å². The summed E-state index contributed by atoms with van der Waals surface area (Å²) >= 11 is 0. The van der Waals surface area contributed by atoms with Crippen LogP contribution < -0.4 is 11.1 Å². The molecule has 2 aliphatic heterocycles. The summed E-state index contributed by atoms with van der Waals surface area (Å²) in [5, 5.41) is 3.68. The van der Waals surface area contributed by atoms with E-state index in [4.69, 9.17) is 5.73 Å². The van der Waals surface area contributed by atoms with Crippen LogP contribution in [0.4, 0.5) is 11.4 Å². The van der Waals surface area contributed by atoms with E-state index in [0.717, 1.165) is 24.3 Å². The van der Waals surface area contributed by atoms with E-state index in [0.29, 0.717) is 12.0 Å². The first-order chi connectivity index (χ1) is 8.69. The minimum absolute atomic E-state index is 0.0888. The second kappa shape index (κ2) is 3.35. The van der Waals surface area contributed by atoms with Crippen molar-refractivity contribution in [1.82, 2.24) is 5.32 Å². The summed E-state index contributed by atoms with van der Waals surface area (Å²) < 4.78 is 0. The molecule has 1 saturated heterocycles. The maximum absolute atomic E-state index is 6.28. The summed E-state index contributed by atoms with van der Waals surface area (Å²) in [6, 6.07) is 4.68. The fraction of sp³-hybridized carbons (Fsp3) is 0.533. The monoisotopic (exact) mass is 241 g/mol. The van der Waals surface area contributed by atoms with E-state index in [1.54, 1.807) is 0 Å². The molecule has 1 unspecified atom stereocenters. The van der Waals surface area contributed by atoms with Crippen LogP contribution in [0.1, 0.15) is 43.2 Å². The van der Waals surface area contributed by atoms with Crippen molar-refractivity contribution in [3.63, 3.8) is 0 Å². The highest BCUT2D eigenvalue weighted by molar-refractivity contribution is 5.88. The van der Waals surface area contributed by atoms with E-state index in [2.05, 4.69) is 29.5 Å². The molecule has 3 atom stereocenters. The largest absolute Gasteiger partial charge is 0.398 e. The smallest absolute Gasteiger partial charge is 0.0671 e. The Hall–Kier alpha value is -1.35. The van der Waals surface area contributed by atoms with Crippen molar-refractivity contribution in [2.45, 2.75) is 43.6 Å². The molecule has 1 fully saturated rings. The first kappa shape index (κ1) is 10.6. The van der Waals surface area contributed by atoms with Crippen molar-refractivity contribution < 1.29 is 0 Å². The van der Waals surface area contributed by atoms with Crippen LogP contribution in [-0.4, -0.2) is 18.8 Å². The third-order valence-electron chi connectivity index (χ3n) is 4.92. The van der Waals surface area contributed by atoms with E-state index in [9.17, 15) is 0 Å². The van der Waals surface area contributed by atoms with Gasteiger partial charge < -0.3 is 11.1 Å². The molecule has 2 heterocycles. The quantitative estimate of drug-likeness (QED) is 0.686. The number of rotatable bonds is 0. The molecule has 1 aliphatic carbocycles. The van der Waals surface area contributed by atoms with Gasteiger partial charge >= 0.3 is 0 Å².